The predicted octanol–water partition coefficient (Wildman–Crippen LogP) is 3.36. The number of carbonyl (C=O) groups is 2. The number of amides is 1. The first-order chi connectivity index (χ1) is 10.1. The van der Waals surface area contributed by atoms with Gasteiger partial charge in [-0.15, -0.1) is 0 Å². The Bertz CT molecular complexity index is 606. The average molecular weight is 306 g/mol. The van der Waals surface area contributed by atoms with Crippen LogP contribution in [0.25, 0.3) is 10.2 Å². The van der Waals surface area contributed by atoms with Gasteiger partial charge in [-0.2, -0.15) is 0 Å². The summed E-state index contributed by atoms with van der Waals surface area (Å²) in [5.74, 6) is -0.570. The Morgan fingerprint density at radius 3 is 2.81 bits per heavy atom. The minimum absolute atomic E-state index is 0.0844. The van der Waals surface area contributed by atoms with Gasteiger partial charge in [-0.1, -0.05) is 30.4 Å². The molecule has 1 aromatic carbocycles. The molecule has 1 atom stereocenters. The van der Waals surface area contributed by atoms with Gasteiger partial charge in [0.15, 0.2) is 5.13 Å². The van der Waals surface area contributed by atoms with Gasteiger partial charge in [-0.05, 0) is 25.5 Å². The lowest BCUT2D eigenvalue weighted by Crippen LogP contribution is -2.17. The average Bonchev–Trinajstić information content (AvgIpc) is 2.87. The lowest BCUT2D eigenvalue weighted by molar-refractivity contribution is -0.149. The monoisotopic (exact) mass is 306 g/mol. The standard InChI is InChI=1S/C15H18N2O3S/c1-3-10(2)20-14(19)9-8-13(18)17-15-16-11-6-4-5-7-12(11)21-15/h4-7,10H,3,8-9H2,1-2H3,(H,16,17,18)/t10-/m1/s1. The van der Waals surface area contributed by atoms with Gasteiger partial charge in [0.2, 0.25) is 5.91 Å². The van der Waals surface area contributed by atoms with Crippen molar-refractivity contribution in [2.75, 3.05) is 5.32 Å². The van der Waals surface area contributed by atoms with E-state index in [0.29, 0.717) is 5.13 Å². The van der Waals surface area contributed by atoms with E-state index in [1.165, 1.54) is 11.3 Å². The van der Waals surface area contributed by atoms with E-state index in [4.69, 9.17) is 4.74 Å². The van der Waals surface area contributed by atoms with Gasteiger partial charge in [0.05, 0.1) is 22.7 Å². The third kappa shape index (κ3) is 4.53. The highest BCUT2D eigenvalue weighted by atomic mass is 32.1. The maximum Gasteiger partial charge on any atom is 0.306 e. The van der Waals surface area contributed by atoms with E-state index in [1.807, 2.05) is 38.1 Å². The third-order valence-electron chi connectivity index (χ3n) is 3.00. The zero-order chi connectivity index (χ0) is 15.2. The number of ether oxygens (including phenoxy) is 1. The van der Waals surface area contributed by atoms with E-state index in [-0.39, 0.29) is 30.8 Å². The second-order valence-electron chi connectivity index (χ2n) is 4.74. The molecule has 0 aliphatic carbocycles. The van der Waals surface area contributed by atoms with Crippen LogP contribution >= 0.6 is 11.3 Å². The fourth-order valence-corrected chi connectivity index (χ4v) is 2.57. The van der Waals surface area contributed by atoms with Crippen LogP contribution in [-0.2, 0) is 14.3 Å². The lowest BCUT2D eigenvalue weighted by Gasteiger charge is -2.10. The molecule has 1 heterocycles. The second kappa shape index (κ2) is 7.17. The number of thiazole rings is 1. The Hall–Kier alpha value is -1.95. The van der Waals surface area contributed by atoms with E-state index in [2.05, 4.69) is 10.3 Å². The van der Waals surface area contributed by atoms with Crippen molar-refractivity contribution in [3.8, 4) is 0 Å². The molecule has 2 aromatic rings. The zero-order valence-corrected chi connectivity index (χ0v) is 12.9. The van der Waals surface area contributed by atoms with Crippen LogP contribution in [0.15, 0.2) is 24.3 Å². The molecule has 1 aromatic heterocycles. The summed E-state index contributed by atoms with van der Waals surface area (Å²) in [7, 11) is 0. The number of nitrogens with one attached hydrogen (secondary N) is 1. The number of carbonyl (C=O) groups excluding carboxylic acids is 2. The van der Waals surface area contributed by atoms with Gasteiger partial charge in [-0.25, -0.2) is 4.98 Å². The molecular weight excluding hydrogens is 288 g/mol. The van der Waals surface area contributed by atoms with E-state index < -0.39 is 0 Å². The Balaban J connectivity index is 1.83. The number of aromatic nitrogens is 1. The number of nitrogens with zero attached hydrogens (tertiary/aromatic N) is 1. The van der Waals surface area contributed by atoms with Crippen LogP contribution in [0, 0.1) is 0 Å². The molecule has 112 valence electrons. The minimum atomic E-state index is -0.344. The normalized spacial score (nSPS) is 12.1. The van der Waals surface area contributed by atoms with Crippen molar-refractivity contribution in [1.82, 2.24) is 4.98 Å². The molecule has 1 N–H and O–H groups in total. The number of rotatable bonds is 6. The third-order valence-corrected chi connectivity index (χ3v) is 3.96. The van der Waals surface area contributed by atoms with Gasteiger partial charge < -0.3 is 10.1 Å². The van der Waals surface area contributed by atoms with E-state index in [1.54, 1.807) is 0 Å². The molecule has 0 unspecified atom stereocenters. The summed E-state index contributed by atoms with van der Waals surface area (Å²) in [5, 5.41) is 3.27. The van der Waals surface area contributed by atoms with Crippen molar-refractivity contribution in [3.63, 3.8) is 0 Å². The zero-order valence-electron chi connectivity index (χ0n) is 12.1. The summed E-state index contributed by atoms with van der Waals surface area (Å²) in [6, 6.07) is 7.67. The van der Waals surface area contributed by atoms with E-state index in [0.717, 1.165) is 16.6 Å². The Labute approximate surface area is 127 Å². The topological polar surface area (TPSA) is 68.3 Å². The number of hydrogen-bond acceptors (Lipinski definition) is 5. The molecular formula is C15H18N2O3S. The van der Waals surface area contributed by atoms with Crippen LogP contribution in [0.3, 0.4) is 0 Å². The summed E-state index contributed by atoms with van der Waals surface area (Å²) >= 11 is 1.41. The summed E-state index contributed by atoms with van der Waals surface area (Å²) in [6.45, 7) is 3.77. The van der Waals surface area contributed by atoms with Crippen molar-refractivity contribution in [2.24, 2.45) is 0 Å². The highest BCUT2D eigenvalue weighted by Crippen LogP contribution is 2.25. The second-order valence-corrected chi connectivity index (χ2v) is 5.77. The molecule has 0 radical (unpaired) electrons. The molecule has 0 fully saturated rings. The number of esters is 1. The van der Waals surface area contributed by atoms with Crippen LogP contribution in [-0.4, -0.2) is 23.0 Å². The number of hydrogen-bond donors (Lipinski definition) is 1. The molecule has 0 aliphatic rings. The summed E-state index contributed by atoms with van der Waals surface area (Å²) in [6.07, 6.45) is 0.848. The number of benzene rings is 1. The van der Waals surface area contributed by atoms with Gasteiger partial charge in [0, 0.05) is 6.42 Å². The Kier molecular flexibility index (Phi) is 5.27. The van der Waals surface area contributed by atoms with E-state index in [9.17, 15) is 9.59 Å². The van der Waals surface area contributed by atoms with Gasteiger partial charge in [0.1, 0.15) is 0 Å². The number of fused-ring (bicyclic) bond motifs is 1. The van der Waals surface area contributed by atoms with Crippen molar-refractivity contribution in [3.05, 3.63) is 24.3 Å². The maximum absolute atomic E-state index is 11.8. The minimum Gasteiger partial charge on any atom is -0.463 e. The smallest absolute Gasteiger partial charge is 0.306 e. The predicted molar refractivity (Wildman–Crippen MR) is 83.3 cm³/mol. The number of anilines is 1. The molecule has 0 saturated heterocycles. The molecule has 6 heteroatoms. The fraction of sp³-hybridized carbons (Fsp3) is 0.400. The highest BCUT2D eigenvalue weighted by Gasteiger charge is 2.12. The first-order valence-electron chi connectivity index (χ1n) is 6.93. The lowest BCUT2D eigenvalue weighted by atomic mass is 10.3. The van der Waals surface area contributed by atoms with Crippen LogP contribution in [0.2, 0.25) is 0 Å². The molecule has 0 saturated carbocycles. The quantitative estimate of drug-likeness (QED) is 0.831. The molecule has 0 bridgehead atoms. The van der Waals surface area contributed by atoms with Crippen molar-refractivity contribution < 1.29 is 14.3 Å². The van der Waals surface area contributed by atoms with Crippen LogP contribution in [0.4, 0.5) is 5.13 Å². The molecule has 0 aliphatic heterocycles. The molecule has 5 nitrogen and oxygen atoms in total. The Morgan fingerprint density at radius 1 is 1.33 bits per heavy atom. The summed E-state index contributed by atoms with van der Waals surface area (Å²) < 4.78 is 6.13. The van der Waals surface area contributed by atoms with Crippen molar-refractivity contribution >= 4 is 38.6 Å². The van der Waals surface area contributed by atoms with Crippen LogP contribution in [0.5, 0.6) is 0 Å². The maximum atomic E-state index is 11.8. The SMILES string of the molecule is CC[C@@H](C)OC(=O)CCC(=O)Nc1nc2ccccc2s1. The Morgan fingerprint density at radius 2 is 2.10 bits per heavy atom. The van der Waals surface area contributed by atoms with Crippen LogP contribution < -0.4 is 5.32 Å². The molecule has 21 heavy (non-hydrogen) atoms. The van der Waals surface area contributed by atoms with Crippen molar-refractivity contribution in [2.45, 2.75) is 39.2 Å². The molecule has 2 rings (SSSR count). The van der Waals surface area contributed by atoms with Crippen LogP contribution in [0.1, 0.15) is 33.1 Å². The summed E-state index contributed by atoms with van der Waals surface area (Å²) in [4.78, 5) is 27.6. The fourth-order valence-electron chi connectivity index (χ4n) is 1.69. The summed E-state index contributed by atoms with van der Waals surface area (Å²) in [5.41, 5.74) is 0.856. The molecule has 0 spiro atoms. The largest absolute Gasteiger partial charge is 0.463 e. The van der Waals surface area contributed by atoms with Gasteiger partial charge in [-0.3, -0.25) is 9.59 Å². The number of para-hydroxylation sites is 1. The first-order valence-corrected chi connectivity index (χ1v) is 7.75. The van der Waals surface area contributed by atoms with Crippen molar-refractivity contribution in [1.29, 1.82) is 0 Å². The highest BCUT2D eigenvalue weighted by molar-refractivity contribution is 7.22. The molecule has 1 amide bonds. The first kappa shape index (κ1) is 15.4. The van der Waals surface area contributed by atoms with Gasteiger partial charge >= 0.3 is 5.97 Å². The van der Waals surface area contributed by atoms with E-state index >= 15 is 0 Å². The van der Waals surface area contributed by atoms with Gasteiger partial charge in [0.25, 0.3) is 0 Å².